The highest BCUT2D eigenvalue weighted by Crippen LogP contribution is 2.35. The Balaban J connectivity index is 2.58. The van der Waals surface area contributed by atoms with E-state index in [0.29, 0.717) is 11.6 Å². The van der Waals surface area contributed by atoms with Crippen molar-refractivity contribution in [1.82, 2.24) is 0 Å². The molecule has 0 fully saturated rings. The van der Waals surface area contributed by atoms with Crippen molar-refractivity contribution >= 4 is 10.8 Å². The minimum absolute atomic E-state index is 0.0168. The van der Waals surface area contributed by atoms with Crippen molar-refractivity contribution in [1.29, 1.82) is 0 Å². The predicted octanol–water partition coefficient (Wildman–Crippen LogP) is 5.83. The van der Waals surface area contributed by atoms with E-state index in [2.05, 4.69) is 37.5 Å². The molecule has 0 unspecified atom stereocenters. The lowest BCUT2D eigenvalue weighted by Gasteiger charge is -2.16. The molecule has 0 spiro atoms. The number of aromatic nitrogens is 1. The molecule has 0 radical (unpaired) electrons. The highest BCUT2D eigenvalue weighted by Gasteiger charge is 2.23. The number of hydrogen-bond donors (Lipinski definition) is 0. The molecule has 0 aliphatic rings. The molecular weight excluding hydrogens is 309 g/mol. The Morgan fingerprint density at radius 1 is 1.04 bits per heavy atom. The molecule has 1 nitrogen and oxygen atoms in total. The zero-order chi connectivity index (χ0) is 19.3. The summed E-state index contributed by atoms with van der Waals surface area (Å²) in [4.78, 5) is 0. The molecule has 0 aliphatic heterocycles. The Morgan fingerprint density at radius 2 is 1.72 bits per heavy atom. The predicted molar refractivity (Wildman–Crippen MR) is 104 cm³/mol. The summed E-state index contributed by atoms with van der Waals surface area (Å²) in [6.45, 7) is 12.3. The van der Waals surface area contributed by atoms with Gasteiger partial charge in [-0.3, -0.25) is 0 Å². The third-order valence-corrected chi connectivity index (χ3v) is 5.24. The maximum atomic E-state index is 14.6. The van der Waals surface area contributed by atoms with Gasteiger partial charge in [-0.25, -0.2) is 4.39 Å². The van der Waals surface area contributed by atoms with Gasteiger partial charge in [0.05, 0.1) is 12.3 Å². The van der Waals surface area contributed by atoms with Gasteiger partial charge in [-0.1, -0.05) is 25.5 Å². The number of aryl methyl sites for hydroxylation is 2. The van der Waals surface area contributed by atoms with Crippen LogP contribution in [0.4, 0.5) is 4.39 Å². The average Bonchev–Trinajstić information content (AvgIpc) is 2.57. The van der Waals surface area contributed by atoms with Gasteiger partial charge < -0.3 is 0 Å². The normalized spacial score (nSPS) is 12.1. The van der Waals surface area contributed by atoms with Gasteiger partial charge in [-0.2, -0.15) is 4.57 Å². The van der Waals surface area contributed by atoms with Crippen LogP contribution < -0.4 is 4.57 Å². The standard InChI is InChI=1S/C23H27FN/c1-13(2)22-20-12-16(5)25(7)23(18(20)8-9-21(22)24)19-11-14(3)10-15(4)17(19)6/h8-13H,1-7H3/q+1/i12D. The Bertz CT molecular complexity index is 1030. The van der Waals surface area contributed by atoms with Gasteiger partial charge >= 0.3 is 0 Å². The van der Waals surface area contributed by atoms with E-state index in [-0.39, 0.29) is 11.7 Å². The summed E-state index contributed by atoms with van der Waals surface area (Å²) in [5, 5.41) is 1.69. The fourth-order valence-electron chi connectivity index (χ4n) is 3.72. The molecule has 0 amide bonds. The van der Waals surface area contributed by atoms with Crippen molar-refractivity contribution in [2.75, 3.05) is 0 Å². The molecule has 1 heterocycles. The molecule has 0 aliphatic carbocycles. The fourth-order valence-corrected chi connectivity index (χ4v) is 3.72. The fraction of sp³-hybridized carbons (Fsp3) is 0.348. The van der Waals surface area contributed by atoms with Crippen molar-refractivity contribution in [3.63, 3.8) is 0 Å². The Kier molecular flexibility index (Phi) is 4.07. The zero-order valence-electron chi connectivity index (χ0n) is 17.2. The molecule has 3 rings (SSSR count). The first-order valence-corrected chi connectivity index (χ1v) is 8.84. The summed E-state index contributed by atoms with van der Waals surface area (Å²) >= 11 is 0. The average molecular weight is 337 g/mol. The van der Waals surface area contributed by atoms with E-state index in [1.165, 1.54) is 16.7 Å². The molecule has 2 aromatic carbocycles. The van der Waals surface area contributed by atoms with Crippen LogP contribution in [-0.4, -0.2) is 0 Å². The minimum atomic E-state index is -0.225. The van der Waals surface area contributed by atoms with E-state index in [9.17, 15) is 4.39 Å². The van der Waals surface area contributed by atoms with Crippen LogP contribution in [0.15, 0.2) is 30.3 Å². The quantitative estimate of drug-likeness (QED) is 0.518. The van der Waals surface area contributed by atoms with Gasteiger partial charge in [0.15, 0.2) is 5.69 Å². The third-order valence-electron chi connectivity index (χ3n) is 5.24. The molecule has 0 saturated carbocycles. The highest BCUT2D eigenvalue weighted by atomic mass is 19.1. The number of pyridine rings is 1. The van der Waals surface area contributed by atoms with Crippen LogP contribution in [0.2, 0.25) is 0 Å². The third kappa shape index (κ3) is 2.84. The second-order valence-electron chi connectivity index (χ2n) is 7.41. The van der Waals surface area contributed by atoms with Crippen molar-refractivity contribution in [3.05, 3.63) is 64.1 Å². The number of nitrogens with zero attached hydrogens (tertiary/aromatic N) is 1. The number of fused-ring (bicyclic) bond motifs is 1. The molecule has 0 saturated heterocycles. The molecule has 130 valence electrons. The zero-order valence-corrected chi connectivity index (χ0v) is 16.2. The number of benzene rings is 2. The van der Waals surface area contributed by atoms with Crippen LogP contribution in [0, 0.1) is 33.5 Å². The summed E-state index contributed by atoms with van der Waals surface area (Å²) in [6.07, 6.45) is 0. The van der Waals surface area contributed by atoms with Crippen LogP contribution in [0.5, 0.6) is 0 Å². The van der Waals surface area contributed by atoms with E-state index in [1.54, 1.807) is 6.07 Å². The second-order valence-corrected chi connectivity index (χ2v) is 7.41. The van der Waals surface area contributed by atoms with Gasteiger partial charge in [0.25, 0.3) is 0 Å². The smallest absolute Gasteiger partial charge is 0.207 e. The van der Waals surface area contributed by atoms with Gasteiger partial charge in [-0.05, 0) is 61.6 Å². The number of rotatable bonds is 2. The lowest BCUT2D eigenvalue weighted by Crippen LogP contribution is -2.35. The summed E-state index contributed by atoms with van der Waals surface area (Å²) in [6, 6.07) is 8.18. The van der Waals surface area contributed by atoms with E-state index >= 15 is 0 Å². The number of halogens is 1. The first-order chi connectivity index (χ1) is 12.1. The minimum Gasteiger partial charge on any atom is -0.207 e. The van der Waals surface area contributed by atoms with Crippen molar-refractivity contribution in [2.45, 2.75) is 47.5 Å². The van der Waals surface area contributed by atoms with E-state index in [0.717, 1.165) is 27.7 Å². The molecule has 0 bridgehead atoms. The Labute approximate surface area is 151 Å². The van der Waals surface area contributed by atoms with Crippen LogP contribution >= 0.6 is 0 Å². The molecule has 0 N–H and O–H groups in total. The van der Waals surface area contributed by atoms with Gasteiger partial charge in [0, 0.05) is 18.4 Å². The molecule has 1 aromatic heterocycles. The lowest BCUT2D eigenvalue weighted by molar-refractivity contribution is -0.665. The Morgan fingerprint density at radius 3 is 2.36 bits per heavy atom. The van der Waals surface area contributed by atoms with E-state index < -0.39 is 0 Å². The topological polar surface area (TPSA) is 3.88 Å². The van der Waals surface area contributed by atoms with Crippen LogP contribution in [0.3, 0.4) is 0 Å². The van der Waals surface area contributed by atoms with Crippen molar-refractivity contribution < 1.29 is 10.3 Å². The summed E-state index contributed by atoms with van der Waals surface area (Å²) in [5.41, 5.74) is 7.36. The first kappa shape index (κ1) is 16.3. The van der Waals surface area contributed by atoms with Crippen LogP contribution in [0.25, 0.3) is 22.0 Å². The van der Waals surface area contributed by atoms with Crippen molar-refractivity contribution in [3.8, 4) is 11.3 Å². The van der Waals surface area contributed by atoms with E-state index in [4.69, 9.17) is 1.37 Å². The lowest BCUT2D eigenvalue weighted by atomic mass is 9.90. The van der Waals surface area contributed by atoms with Gasteiger partial charge in [0.1, 0.15) is 12.9 Å². The number of hydrogen-bond acceptors (Lipinski definition) is 0. The summed E-state index contributed by atoms with van der Waals surface area (Å²) in [7, 11) is 2.00. The molecule has 0 atom stereocenters. The molecule has 25 heavy (non-hydrogen) atoms. The maximum Gasteiger partial charge on any atom is 0.220 e. The molecular formula is C23H27FN+. The largest absolute Gasteiger partial charge is 0.220 e. The summed E-state index contributed by atoms with van der Waals surface area (Å²) < 4.78 is 25.4. The van der Waals surface area contributed by atoms with Gasteiger partial charge in [-0.15, -0.1) is 0 Å². The first-order valence-electron chi connectivity index (χ1n) is 9.34. The highest BCUT2D eigenvalue weighted by molar-refractivity contribution is 5.96. The van der Waals surface area contributed by atoms with E-state index in [1.807, 2.05) is 33.9 Å². The second kappa shape index (κ2) is 6.25. The van der Waals surface area contributed by atoms with Gasteiger partial charge in [0.2, 0.25) is 5.69 Å². The SMILES string of the molecule is [2H]c1c(C)[n+](C)c(-c2cc(C)cc(C)c2C)c2ccc(F)c(C(C)C)c12. The molecule has 3 aromatic rings. The Hall–Kier alpha value is -2.22. The maximum absolute atomic E-state index is 14.6. The van der Waals surface area contributed by atoms with Crippen LogP contribution in [0.1, 0.15) is 49.1 Å². The molecule has 2 heteroatoms. The van der Waals surface area contributed by atoms with Crippen LogP contribution in [-0.2, 0) is 7.05 Å². The summed E-state index contributed by atoms with van der Waals surface area (Å²) in [5.74, 6) is -0.208. The van der Waals surface area contributed by atoms with Crippen molar-refractivity contribution in [2.24, 2.45) is 7.05 Å². The monoisotopic (exact) mass is 337 g/mol.